The molecule has 0 radical (unpaired) electrons. The third-order valence-corrected chi connectivity index (χ3v) is 4.53. The lowest BCUT2D eigenvalue weighted by atomic mass is 10.2. The molecule has 0 unspecified atom stereocenters. The molecule has 7 heteroatoms. The highest BCUT2D eigenvalue weighted by Crippen LogP contribution is 2.21. The number of nitrogens with zero attached hydrogens (tertiary/aromatic N) is 4. The van der Waals surface area contributed by atoms with Gasteiger partial charge < -0.3 is 9.42 Å². The Morgan fingerprint density at radius 2 is 2.13 bits per heavy atom. The van der Waals surface area contributed by atoms with E-state index in [1.165, 1.54) is 0 Å². The molecule has 1 amide bonds. The van der Waals surface area contributed by atoms with E-state index in [1.54, 1.807) is 17.4 Å². The fourth-order valence-electron chi connectivity index (χ4n) is 2.48. The fraction of sp³-hybridized carbons (Fsp3) is 0.438. The van der Waals surface area contributed by atoms with Crippen LogP contribution in [0.3, 0.4) is 0 Å². The zero-order chi connectivity index (χ0) is 16.2. The van der Waals surface area contributed by atoms with Gasteiger partial charge in [-0.2, -0.15) is 4.98 Å². The molecule has 3 heterocycles. The van der Waals surface area contributed by atoms with Gasteiger partial charge in [-0.05, 0) is 25.3 Å². The van der Waals surface area contributed by atoms with E-state index < -0.39 is 0 Å². The Balaban J connectivity index is 1.53. The van der Waals surface area contributed by atoms with Crippen molar-refractivity contribution < 1.29 is 9.32 Å². The molecule has 1 fully saturated rings. The molecule has 0 aromatic carbocycles. The number of rotatable bonds is 4. The molecule has 2 aromatic rings. The van der Waals surface area contributed by atoms with Crippen LogP contribution in [0.15, 0.2) is 33.7 Å². The summed E-state index contributed by atoms with van der Waals surface area (Å²) in [6, 6.07) is 3.95. The van der Waals surface area contributed by atoms with Crippen LogP contribution in [0.1, 0.15) is 19.7 Å². The third-order valence-electron chi connectivity index (χ3n) is 3.66. The minimum absolute atomic E-state index is 0.0995. The number of thiophene rings is 1. The first-order valence-electron chi connectivity index (χ1n) is 7.64. The van der Waals surface area contributed by atoms with Crippen molar-refractivity contribution in [3.8, 4) is 10.7 Å². The first-order valence-corrected chi connectivity index (χ1v) is 8.52. The van der Waals surface area contributed by atoms with Crippen LogP contribution in [-0.2, 0) is 11.3 Å². The van der Waals surface area contributed by atoms with Gasteiger partial charge in [0.05, 0.1) is 11.4 Å². The van der Waals surface area contributed by atoms with E-state index in [1.807, 2.05) is 36.3 Å². The zero-order valence-electron chi connectivity index (χ0n) is 13.4. The Bertz CT molecular complexity index is 681. The van der Waals surface area contributed by atoms with Crippen molar-refractivity contribution in [2.45, 2.75) is 20.4 Å². The highest BCUT2D eigenvalue weighted by Gasteiger charge is 2.21. The molecule has 23 heavy (non-hydrogen) atoms. The minimum atomic E-state index is 0.0995. The summed E-state index contributed by atoms with van der Waals surface area (Å²) in [6.07, 6.45) is 1.70. The predicted octanol–water partition coefficient (Wildman–Crippen LogP) is 2.41. The second-order valence-electron chi connectivity index (χ2n) is 5.81. The van der Waals surface area contributed by atoms with E-state index in [0.717, 1.165) is 36.6 Å². The Morgan fingerprint density at radius 1 is 1.35 bits per heavy atom. The topological polar surface area (TPSA) is 62.5 Å². The van der Waals surface area contributed by atoms with Crippen LogP contribution >= 0.6 is 11.3 Å². The number of hydrogen-bond donors (Lipinski definition) is 0. The van der Waals surface area contributed by atoms with E-state index in [-0.39, 0.29) is 5.91 Å². The van der Waals surface area contributed by atoms with Crippen molar-refractivity contribution in [3.05, 3.63) is 35.1 Å². The number of carbonyl (C=O) groups excluding carboxylic acids is 1. The summed E-state index contributed by atoms with van der Waals surface area (Å²) in [4.78, 5) is 21.6. The van der Waals surface area contributed by atoms with Gasteiger partial charge >= 0.3 is 0 Å². The molecule has 0 N–H and O–H groups in total. The molecule has 0 saturated carbocycles. The van der Waals surface area contributed by atoms with Crippen LogP contribution < -0.4 is 0 Å². The molecular formula is C16H20N4O2S. The maximum absolute atomic E-state index is 12.0. The second-order valence-corrected chi connectivity index (χ2v) is 6.76. The summed E-state index contributed by atoms with van der Waals surface area (Å²) in [6.45, 7) is 7.61. The Kier molecular flexibility index (Phi) is 4.88. The Hall–Kier alpha value is -1.99. The number of carbonyl (C=O) groups is 1. The van der Waals surface area contributed by atoms with Crippen molar-refractivity contribution in [2.75, 3.05) is 26.2 Å². The van der Waals surface area contributed by atoms with E-state index in [0.29, 0.717) is 18.3 Å². The number of piperazine rings is 1. The monoisotopic (exact) mass is 332 g/mol. The van der Waals surface area contributed by atoms with Gasteiger partial charge in [-0.25, -0.2) is 0 Å². The van der Waals surface area contributed by atoms with E-state index in [9.17, 15) is 4.79 Å². The average Bonchev–Trinajstić information content (AvgIpc) is 3.18. The van der Waals surface area contributed by atoms with E-state index in [4.69, 9.17) is 4.52 Å². The molecular weight excluding hydrogens is 312 g/mol. The standard InChI is InChI=1S/C16H20N4O2S/c1-12(2)10-15(21)20-7-5-19(6-8-20)11-14-17-16(18-22-14)13-4-3-9-23-13/h3-4,9-10H,5-8,11H2,1-2H3. The number of aromatic nitrogens is 2. The van der Waals surface area contributed by atoms with Crippen molar-refractivity contribution in [1.82, 2.24) is 19.9 Å². The lowest BCUT2D eigenvalue weighted by molar-refractivity contribution is -0.127. The summed E-state index contributed by atoms with van der Waals surface area (Å²) in [5.74, 6) is 1.37. The summed E-state index contributed by atoms with van der Waals surface area (Å²) < 4.78 is 5.33. The van der Waals surface area contributed by atoms with Gasteiger partial charge in [0.2, 0.25) is 17.6 Å². The zero-order valence-corrected chi connectivity index (χ0v) is 14.2. The van der Waals surface area contributed by atoms with Crippen LogP contribution in [0.25, 0.3) is 10.7 Å². The first-order chi connectivity index (χ1) is 11.1. The highest BCUT2D eigenvalue weighted by atomic mass is 32.1. The van der Waals surface area contributed by atoms with Crippen LogP contribution in [0, 0.1) is 0 Å². The molecule has 122 valence electrons. The van der Waals surface area contributed by atoms with Crippen LogP contribution in [0.2, 0.25) is 0 Å². The summed E-state index contributed by atoms with van der Waals surface area (Å²) in [5, 5.41) is 6.02. The number of allylic oxidation sites excluding steroid dienone is 1. The molecule has 2 aromatic heterocycles. The molecule has 6 nitrogen and oxygen atoms in total. The van der Waals surface area contributed by atoms with Crippen molar-refractivity contribution >= 4 is 17.2 Å². The molecule has 1 saturated heterocycles. The molecule has 0 bridgehead atoms. The second kappa shape index (κ2) is 7.06. The lowest BCUT2D eigenvalue weighted by Gasteiger charge is -2.33. The van der Waals surface area contributed by atoms with Crippen molar-refractivity contribution in [2.24, 2.45) is 0 Å². The number of amides is 1. The molecule has 0 spiro atoms. The Labute approximate surface area is 139 Å². The SMILES string of the molecule is CC(C)=CC(=O)N1CCN(Cc2nc(-c3cccs3)no2)CC1. The maximum atomic E-state index is 12.0. The highest BCUT2D eigenvalue weighted by molar-refractivity contribution is 7.13. The molecule has 1 aliphatic heterocycles. The van der Waals surface area contributed by atoms with Gasteiger partial charge in [-0.3, -0.25) is 9.69 Å². The van der Waals surface area contributed by atoms with Gasteiger partial charge in [0.15, 0.2) is 0 Å². The normalized spacial score (nSPS) is 15.7. The van der Waals surface area contributed by atoms with E-state index >= 15 is 0 Å². The molecule has 1 aliphatic rings. The van der Waals surface area contributed by atoms with Gasteiger partial charge in [-0.15, -0.1) is 11.3 Å². The fourth-order valence-corrected chi connectivity index (χ4v) is 3.13. The van der Waals surface area contributed by atoms with Gasteiger partial charge in [0, 0.05) is 32.3 Å². The largest absolute Gasteiger partial charge is 0.338 e. The molecule has 0 aliphatic carbocycles. The van der Waals surface area contributed by atoms with Crippen molar-refractivity contribution in [1.29, 1.82) is 0 Å². The third kappa shape index (κ3) is 4.05. The maximum Gasteiger partial charge on any atom is 0.246 e. The quantitative estimate of drug-likeness (QED) is 0.805. The number of hydrogen-bond acceptors (Lipinski definition) is 6. The van der Waals surface area contributed by atoms with Crippen LogP contribution in [0.4, 0.5) is 0 Å². The average molecular weight is 332 g/mol. The summed E-state index contributed by atoms with van der Waals surface area (Å²) in [5.41, 5.74) is 1.03. The molecule has 3 rings (SSSR count). The van der Waals surface area contributed by atoms with Crippen LogP contribution in [-0.4, -0.2) is 52.0 Å². The van der Waals surface area contributed by atoms with E-state index in [2.05, 4.69) is 15.0 Å². The van der Waals surface area contributed by atoms with Gasteiger partial charge in [0.1, 0.15) is 0 Å². The first kappa shape index (κ1) is 15.9. The van der Waals surface area contributed by atoms with Crippen LogP contribution in [0.5, 0.6) is 0 Å². The smallest absolute Gasteiger partial charge is 0.246 e. The van der Waals surface area contributed by atoms with Crippen molar-refractivity contribution in [3.63, 3.8) is 0 Å². The lowest BCUT2D eigenvalue weighted by Crippen LogP contribution is -2.47. The predicted molar refractivity (Wildman–Crippen MR) is 88.9 cm³/mol. The minimum Gasteiger partial charge on any atom is -0.338 e. The summed E-state index contributed by atoms with van der Waals surface area (Å²) in [7, 11) is 0. The molecule has 0 atom stereocenters. The van der Waals surface area contributed by atoms with Gasteiger partial charge in [0.25, 0.3) is 0 Å². The van der Waals surface area contributed by atoms with Gasteiger partial charge in [-0.1, -0.05) is 16.8 Å². The summed E-state index contributed by atoms with van der Waals surface area (Å²) >= 11 is 1.60. The Morgan fingerprint density at radius 3 is 2.78 bits per heavy atom.